The molecule has 0 aliphatic rings. The number of para-hydroxylation sites is 1. The number of nitrogens with zero attached hydrogens (tertiary/aromatic N) is 4. The Morgan fingerprint density at radius 1 is 1.13 bits per heavy atom. The van der Waals surface area contributed by atoms with Gasteiger partial charge in [0.1, 0.15) is 5.75 Å². The van der Waals surface area contributed by atoms with Gasteiger partial charge in [-0.1, -0.05) is 30.0 Å². The lowest BCUT2D eigenvalue weighted by atomic mass is 10.1. The van der Waals surface area contributed by atoms with Crippen LogP contribution in [0.2, 0.25) is 0 Å². The number of benzene rings is 1. The van der Waals surface area contributed by atoms with Crippen LogP contribution in [0.15, 0.2) is 38.3 Å². The SMILES string of the molecule is COc1ccccc1Cc1nnc(SC(C)c2nnc(C)o2)o1. The third-order valence-electron chi connectivity index (χ3n) is 3.15. The van der Waals surface area contributed by atoms with Crippen LogP contribution in [0.5, 0.6) is 5.75 Å². The van der Waals surface area contributed by atoms with E-state index >= 15 is 0 Å². The van der Waals surface area contributed by atoms with Gasteiger partial charge in [-0.25, -0.2) is 0 Å². The largest absolute Gasteiger partial charge is 0.496 e. The molecule has 23 heavy (non-hydrogen) atoms. The van der Waals surface area contributed by atoms with Crippen LogP contribution in [0.4, 0.5) is 0 Å². The zero-order valence-corrected chi connectivity index (χ0v) is 13.8. The summed E-state index contributed by atoms with van der Waals surface area (Å²) < 4.78 is 16.4. The summed E-state index contributed by atoms with van der Waals surface area (Å²) in [6.07, 6.45) is 0.519. The Balaban J connectivity index is 1.68. The van der Waals surface area contributed by atoms with E-state index in [0.29, 0.717) is 29.3 Å². The van der Waals surface area contributed by atoms with Crippen molar-refractivity contribution >= 4 is 11.8 Å². The van der Waals surface area contributed by atoms with E-state index in [9.17, 15) is 0 Å². The Kier molecular flexibility index (Phi) is 4.61. The molecule has 8 heteroatoms. The van der Waals surface area contributed by atoms with Crippen molar-refractivity contribution in [3.05, 3.63) is 47.5 Å². The van der Waals surface area contributed by atoms with Gasteiger partial charge in [0.25, 0.3) is 5.22 Å². The van der Waals surface area contributed by atoms with E-state index in [1.165, 1.54) is 11.8 Å². The highest BCUT2D eigenvalue weighted by atomic mass is 32.2. The van der Waals surface area contributed by atoms with Gasteiger partial charge >= 0.3 is 0 Å². The molecule has 0 N–H and O–H groups in total. The molecule has 120 valence electrons. The molecule has 0 spiro atoms. The monoisotopic (exact) mass is 332 g/mol. The number of methoxy groups -OCH3 is 1. The number of aromatic nitrogens is 4. The molecule has 0 fully saturated rings. The minimum atomic E-state index is -0.0595. The molecule has 0 saturated heterocycles. The highest BCUT2D eigenvalue weighted by Gasteiger charge is 2.18. The first-order chi connectivity index (χ1) is 11.2. The van der Waals surface area contributed by atoms with Crippen LogP contribution in [0.3, 0.4) is 0 Å². The topological polar surface area (TPSA) is 87.1 Å². The van der Waals surface area contributed by atoms with E-state index in [-0.39, 0.29) is 5.25 Å². The first-order valence-electron chi connectivity index (χ1n) is 7.06. The van der Waals surface area contributed by atoms with Crippen molar-refractivity contribution in [2.45, 2.75) is 30.7 Å². The Morgan fingerprint density at radius 3 is 2.70 bits per heavy atom. The molecule has 2 aromatic heterocycles. The molecule has 1 unspecified atom stereocenters. The molecule has 0 radical (unpaired) electrons. The van der Waals surface area contributed by atoms with Gasteiger partial charge in [-0.3, -0.25) is 0 Å². The molecule has 1 aromatic carbocycles. The van der Waals surface area contributed by atoms with Gasteiger partial charge in [-0.15, -0.1) is 20.4 Å². The van der Waals surface area contributed by atoms with Gasteiger partial charge in [-0.2, -0.15) is 0 Å². The molecule has 3 rings (SSSR count). The Bertz CT molecular complexity index is 786. The van der Waals surface area contributed by atoms with Crippen molar-refractivity contribution in [1.29, 1.82) is 0 Å². The zero-order chi connectivity index (χ0) is 16.2. The summed E-state index contributed by atoms with van der Waals surface area (Å²) >= 11 is 1.38. The van der Waals surface area contributed by atoms with Crippen molar-refractivity contribution in [2.75, 3.05) is 7.11 Å². The van der Waals surface area contributed by atoms with Crippen molar-refractivity contribution in [3.8, 4) is 5.75 Å². The van der Waals surface area contributed by atoms with Gasteiger partial charge in [0.05, 0.1) is 18.8 Å². The second kappa shape index (κ2) is 6.82. The number of hydrogen-bond donors (Lipinski definition) is 0. The maximum Gasteiger partial charge on any atom is 0.277 e. The van der Waals surface area contributed by atoms with Crippen LogP contribution in [0, 0.1) is 6.92 Å². The van der Waals surface area contributed by atoms with E-state index in [4.69, 9.17) is 13.6 Å². The third kappa shape index (κ3) is 3.70. The van der Waals surface area contributed by atoms with Gasteiger partial charge in [-0.05, 0) is 13.0 Å². The Labute approximate surface area is 137 Å². The van der Waals surface area contributed by atoms with Crippen molar-refractivity contribution in [2.24, 2.45) is 0 Å². The number of aryl methyl sites for hydroxylation is 1. The molecule has 0 amide bonds. The number of rotatable bonds is 6. The average Bonchev–Trinajstić information content (AvgIpc) is 3.17. The summed E-state index contributed by atoms with van der Waals surface area (Å²) in [5, 5.41) is 16.4. The first kappa shape index (κ1) is 15.5. The maximum atomic E-state index is 5.68. The van der Waals surface area contributed by atoms with E-state index in [1.807, 2.05) is 31.2 Å². The summed E-state index contributed by atoms with van der Waals surface area (Å²) in [4.78, 5) is 0. The predicted octanol–water partition coefficient (Wildman–Crippen LogP) is 3.21. The van der Waals surface area contributed by atoms with Gasteiger partial charge in [0.2, 0.25) is 17.7 Å². The molecule has 3 aromatic rings. The summed E-state index contributed by atoms with van der Waals surface area (Å²) in [6, 6.07) is 7.75. The molecule has 2 heterocycles. The molecule has 0 saturated carbocycles. The maximum absolute atomic E-state index is 5.68. The van der Waals surface area contributed by atoms with Crippen LogP contribution in [-0.2, 0) is 6.42 Å². The minimum absolute atomic E-state index is 0.0595. The minimum Gasteiger partial charge on any atom is -0.496 e. The quantitative estimate of drug-likeness (QED) is 0.636. The lowest BCUT2D eigenvalue weighted by Crippen LogP contribution is -1.93. The van der Waals surface area contributed by atoms with Crippen LogP contribution in [0.25, 0.3) is 0 Å². The van der Waals surface area contributed by atoms with E-state index in [0.717, 1.165) is 11.3 Å². The summed E-state index contributed by atoms with van der Waals surface area (Å²) in [7, 11) is 1.64. The van der Waals surface area contributed by atoms with E-state index in [1.54, 1.807) is 14.0 Å². The van der Waals surface area contributed by atoms with Crippen LogP contribution in [-0.4, -0.2) is 27.5 Å². The van der Waals surface area contributed by atoms with Crippen molar-refractivity contribution < 1.29 is 13.6 Å². The first-order valence-corrected chi connectivity index (χ1v) is 7.94. The van der Waals surface area contributed by atoms with Crippen LogP contribution in [0.1, 0.15) is 35.4 Å². The Morgan fingerprint density at radius 2 is 1.96 bits per heavy atom. The van der Waals surface area contributed by atoms with Crippen LogP contribution >= 0.6 is 11.8 Å². The lowest BCUT2D eigenvalue weighted by molar-refractivity contribution is 0.399. The highest BCUT2D eigenvalue weighted by Crippen LogP contribution is 2.33. The second-order valence-electron chi connectivity index (χ2n) is 4.87. The molecule has 1 atom stereocenters. The van der Waals surface area contributed by atoms with Crippen LogP contribution < -0.4 is 4.74 Å². The third-order valence-corrected chi connectivity index (χ3v) is 4.07. The molecule has 0 aliphatic carbocycles. The smallest absolute Gasteiger partial charge is 0.277 e. The average molecular weight is 332 g/mol. The van der Waals surface area contributed by atoms with Crippen molar-refractivity contribution in [3.63, 3.8) is 0 Å². The number of hydrogen-bond acceptors (Lipinski definition) is 8. The summed E-state index contributed by atoms with van der Waals surface area (Å²) in [5.41, 5.74) is 0.996. The fourth-order valence-corrected chi connectivity index (χ4v) is 2.78. The zero-order valence-electron chi connectivity index (χ0n) is 13.0. The molecular formula is C15H16N4O3S. The Hall–Kier alpha value is -2.35. The molecule has 7 nitrogen and oxygen atoms in total. The molecule has 0 bridgehead atoms. The standard InChI is InChI=1S/C15H16N4O3S/c1-9(14-18-16-10(2)21-14)23-15-19-17-13(22-15)8-11-6-4-5-7-12(11)20-3/h4-7,9H,8H2,1-3H3. The van der Waals surface area contributed by atoms with Gasteiger partial charge in [0.15, 0.2) is 0 Å². The lowest BCUT2D eigenvalue weighted by Gasteiger charge is -2.05. The summed E-state index contributed by atoms with van der Waals surface area (Å²) in [5.74, 6) is 2.41. The fraction of sp³-hybridized carbons (Fsp3) is 0.333. The second-order valence-corrected chi connectivity index (χ2v) is 6.16. The normalized spacial score (nSPS) is 12.3. The van der Waals surface area contributed by atoms with Crippen molar-refractivity contribution in [1.82, 2.24) is 20.4 Å². The molecule has 0 aliphatic heterocycles. The van der Waals surface area contributed by atoms with Gasteiger partial charge < -0.3 is 13.6 Å². The fourth-order valence-electron chi connectivity index (χ4n) is 2.05. The van der Waals surface area contributed by atoms with E-state index < -0.39 is 0 Å². The molecular weight excluding hydrogens is 316 g/mol. The number of thioether (sulfide) groups is 1. The van der Waals surface area contributed by atoms with Gasteiger partial charge in [0, 0.05) is 12.5 Å². The van der Waals surface area contributed by atoms with E-state index in [2.05, 4.69) is 20.4 Å². The number of ether oxygens (including phenoxy) is 1. The summed E-state index contributed by atoms with van der Waals surface area (Å²) in [6.45, 7) is 3.70. The predicted molar refractivity (Wildman–Crippen MR) is 83.4 cm³/mol. The highest BCUT2D eigenvalue weighted by molar-refractivity contribution is 7.99.